The fourth-order valence-corrected chi connectivity index (χ4v) is 2.34. The summed E-state index contributed by atoms with van der Waals surface area (Å²) >= 11 is 2.44. The Morgan fingerprint density at radius 2 is 2.47 bits per heavy atom. The number of amides is 2. The minimum Gasteiger partial charge on any atom is -0.338 e. The number of hydrogen-bond donors (Lipinski definition) is 2. The van der Waals surface area contributed by atoms with Gasteiger partial charge >= 0.3 is 6.03 Å². The van der Waals surface area contributed by atoms with Crippen molar-refractivity contribution in [1.29, 1.82) is 0 Å². The second kappa shape index (κ2) is 6.52. The number of nitrogens with two attached hydrogens (primary N) is 1. The first-order chi connectivity index (χ1) is 7.15. The summed E-state index contributed by atoms with van der Waals surface area (Å²) < 4.78 is 0.643. The molecule has 1 aliphatic rings. The van der Waals surface area contributed by atoms with E-state index in [9.17, 15) is 4.79 Å². The second-order valence-corrected chi connectivity index (χ2v) is 6.01. The molecule has 0 unspecified atom stereocenters. The van der Waals surface area contributed by atoms with Gasteiger partial charge in [0, 0.05) is 23.6 Å². The zero-order valence-electron chi connectivity index (χ0n) is 9.21. The first kappa shape index (κ1) is 13.0. The van der Waals surface area contributed by atoms with Gasteiger partial charge in [0.1, 0.15) is 0 Å². The molecule has 2 amide bonds. The topological polar surface area (TPSA) is 58.4 Å². The van der Waals surface area contributed by atoms with Gasteiger partial charge in [-0.25, -0.2) is 4.79 Å². The summed E-state index contributed by atoms with van der Waals surface area (Å²) in [4.78, 5) is 13.6. The maximum absolute atomic E-state index is 11.7. The van der Waals surface area contributed by atoms with Gasteiger partial charge < -0.3 is 16.0 Å². The Bertz CT molecular complexity index is 211. The Kier molecular flexibility index (Phi) is 5.66. The number of hydrogen-bond acceptors (Lipinski definition) is 2. The molecule has 1 fully saturated rings. The summed E-state index contributed by atoms with van der Waals surface area (Å²) in [6.45, 7) is 5.33. The number of rotatable bonds is 4. The van der Waals surface area contributed by atoms with Crippen LogP contribution >= 0.6 is 22.6 Å². The van der Waals surface area contributed by atoms with Crippen molar-refractivity contribution in [2.45, 2.75) is 23.7 Å². The van der Waals surface area contributed by atoms with E-state index in [0.29, 0.717) is 22.9 Å². The lowest BCUT2D eigenvalue weighted by molar-refractivity contribution is 0.207. The van der Waals surface area contributed by atoms with Crippen molar-refractivity contribution in [3.05, 3.63) is 0 Å². The number of nitrogens with zero attached hydrogens (tertiary/aromatic N) is 1. The largest absolute Gasteiger partial charge is 0.338 e. The lowest BCUT2D eigenvalue weighted by atomic mass is 10.1. The first-order valence-corrected chi connectivity index (χ1v) is 6.76. The van der Waals surface area contributed by atoms with Gasteiger partial charge in [0.15, 0.2) is 0 Å². The van der Waals surface area contributed by atoms with Crippen molar-refractivity contribution in [1.82, 2.24) is 10.2 Å². The first-order valence-electron chi connectivity index (χ1n) is 5.52. The molecule has 5 heteroatoms. The summed E-state index contributed by atoms with van der Waals surface area (Å²) in [5, 5.41) is 2.89. The van der Waals surface area contributed by atoms with E-state index in [2.05, 4.69) is 34.8 Å². The van der Waals surface area contributed by atoms with Gasteiger partial charge in [-0.15, -0.1) is 0 Å². The van der Waals surface area contributed by atoms with Crippen molar-refractivity contribution in [3.8, 4) is 0 Å². The van der Waals surface area contributed by atoms with E-state index in [0.717, 1.165) is 25.9 Å². The molecular formula is C10H20IN3O. The highest BCUT2D eigenvalue weighted by Gasteiger charge is 2.28. The molecule has 0 spiro atoms. The van der Waals surface area contributed by atoms with Gasteiger partial charge in [0.25, 0.3) is 0 Å². The Hall–Kier alpha value is -0.0400. The van der Waals surface area contributed by atoms with E-state index in [4.69, 9.17) is 5.73 Å². The van der Waals surface area contributed by atoms with Gasteiger partial charge in [0.2, 0.25) is 0 Å². The molecule has 88 valence electrons. The molecule has 2 atom stereocenters. The Balaban J connectivity index is 2.24. The number of carbonyl (C=O) groups excluding carboxylic acids is 1. The quantitative estimate of drug-likeness (QED) is 0.463. The second-order valence-electron chi connectivity index (χ2n) is 4.05. The molecule has 0 aromatic heterocycles. The van der Waals surface area contributed by atoms with E-state index in [1.807, 2.05) is 4.90 Å². The molecule has 1 saturated heterocycles. The highest BCUT2D eigenvalue weighted by molar-refractivity contribution is 14.1. The normalized spacial score (nSPS) is 22.9. The maximum Gasteiger partial charge on any atom is 0.317 e. The summed E-state index contributed by atoms with van der Waals surface area (Å²) in [6.07, 6.45) is 1.99. The third-order valence-corrected chi connectivity index (χ3v) is 3.84. The monoisotopic (exact) mass is 325 g/mol. The molecule has 3 N–H and O–H groups in total. The van der Waals surface area contributed by atoms with Crippen LogP contribution in [0.15, 0.2) is 0 Å². The van der Waals surface area contributed by atoms with E-state index in [1.54, 1.807) is 0 Å². The molecule has 4 nitrogen and oxygen atoms in total. The number of urea groups is 1. The van der Waals surface area contributed by atoms with Crippen LogP contribution in [0.4, 0.5) is 4.79 Å². The third-order valence-electron chi connectivity index (χ3n) is 2.82. The smallest absolute Gasteiger partial charge is 0.317 e. The fourth-order valence-electron chi connectivity index (χ4n) is 1.76. The van der Waals surface area contributed by atoms with Crippen LogP contribution in [-0.2, 0) is 0 Å². The van der Waals surface area contributed by atoms with Gasteiger partial charge in [0.05, 0.1) is 0 Å². The molecule has 0 aliphatic carbocycles. The highest BCUT2D eigenvalue weighted by atomic mass is 127. The number of halogens is 1. The summed E-state index contributed by atoms with van der Waals surface area (Å²) in [6, 6.07) is 0.0722. The van der Waals surface area contributed by atoms with E-state index in [1.165, 1.54) is 0 Å². The summed E-state index contributed by atoms with van der Waals surface area (Å²) in [5.41, 5.74) is 5.36. The average molecular weight is 325 g/mol. The molecular weight excluding hydrogens is 305 g/mol. The van der Waals surface area contributed by atoms with E-state index < -0.39 is 0 Å². The van der Waals surface area contributed by atoms with Crippen LogP contribution < -0.4 is 11.1 Å². The van der Waals surface area contributed by atoms with Crippen LogP contribution in [0, 0.1) is 5.92 Å². The molecule has 1 heterocycles. The molecule has 0 saturated carbocycles. The zero-order chi connectivity index (χ0) is 11.3. The zero-order valence-corrected chi connectivity index (χ0v) is 11.4. The molecule has 1 aliphatic heterocycles. The van der Waals surface area contributed by atoms with Crippen LogP contribution in [0.2, 0.25) is 0 Å². The van der Waals surface area contributed by atoms with Crippen molar-refractivity contribution in [2.75, 3.05) is 26.2 Å². The van der Waals surface area contributed by atoms with Crippen LogP contribution in [-0.4, -0.2) is 41.0 Å². The van der Waals surface area contributed by atoms with Gasteiger partial charge in [-0.3, -0.25) is 0 Å². The maximum atomic E-state index is 11.7. The Morgan fingerprint density at radius 1 is 1.73 bits per heavy atom. The average Bonchev–Trinajstić information content (AvgIpc) is 2.66. The van der Waals surface area contributed by atoms with Gasteiger partial charge in [-0.2, -0.15) is 0 Å². The van der Waals surface area contributed by atoms with Crippen molar-refractivity contribution in [3.63, 3.8) is 0 Å². The minimum absolute atomic E-state index is 0.0722. The number of likely N-dealkylation sites (tertiary alicyclic amines) is 1. The molecule has 0 radical (unpaired) electrons. The predicted molar refractivity (Wildman–Crippen MR) is 70.2 cm³/mol. The van der Waals surface area contributed by atoms with Crippen LogP contribution in [0.1, 0.15) is 19.8 Å². The van der Waals surface area contributed by atoms with E-state index in [-0.39, 0.29) is 6.03 Å². The Morgan fingerprint density at radius 3 is 3.00 bits per heavy atom. The lowest BCUT2D eigenvalue weighted by Crippen LogP contribution is -2.39. The van der Waals surface area contributed by atoms with Gasteiger partial charge in [-0.05, 0) is 25.3 Å². The fraction of sp³-hybridized carbons (Fsp3) is 0.900. The van der Waals surface area contributed by atoms with Crippen molar-refractivity contribution >= 4 is 28.6 Å². The number of nitrogens with one attached hydrogen (secondary N) is 1. The number of carbonyl (C=O) groups is 1. The van der Waals surface area contributed by atoms with Crippen molar-refractivity contribution < 1.29 is 4.79 Å². The highest BCUT2D eigenvalue weighted by Crippen LogP contribution is 2.24. The SMILES string of the molecule is C[C@@H](I)[C@H]1CCN(C(=O)NCCCN)C1. The van der Waals surface area contributed by atoms with E-state index >= 15 is 0 Å². The molecule has 0 bridgehead atoms. The molecule has 15 heavy (non-hydrogen) atoms. The summed E-state index contributed by atoms with van der Waals surface area (Å²) in [7, 11) is 0. The third kappa shape index (κ3) is 4.14. The standard InChI is InChI=1S/C10H20IN3O/c1-8(11)9-3-6-14(7-9)10(15)13-5-2-4-12/h8-9H,2-7,12H2,1H3,(H,13,15)/t8-,9+/m1/s1. The molecule has 0 aromatic carbocycles. The van der Waals surface area contributed by atoms with Crippen LogP contribution in [0.3, 0.4) is 0 Å². The Labute approximate surface area is 105 Å². The predicted octanol–water partition coefficient (Wildman–Crippen LogP) is 1.19. The summed E-state index contributed by atoms with van der Waals surface area (Å²) in [5.74, 6) is 0.658. The molecule has 0 aromatic rings. The van der Waals surface area contributed by atoms with Gasteiger partial charge in [-0.1, -0.05) is 29.5 Å². The van der Waals surface area contributed by atoms with Crippen molar-refractivity contribution in [2.24, 2.45) is 11.7 Å². The lowest BCUT2D eigenvalue weighted by Gasteiger charge is -2.18. The minimum atomic E-state index is 0.0722. The molecule has 1 rings (SSSR count). The van der Waals surface area contributed by atoms with Crippen LogP contribution in [0.5, 0.6) is 0 Å². The number of alkyl halides is 1. The van der Waals surface area contributed by atoms with Crippen LogP contribution in [0.25, 0.3) is 0 Å².